The number of halogens is 4. The molecule has 1 saturated carbocycles. The van der Waals surface area contributed by atoms with Crippen LogP contribution in [0.25, 0.3) is 0 Å². The van der Waals surface area contributed by atoms with Crippen molar-refractivity contribution in [3.63, 3.8) is 0 Å². The van der Waals surface area contributed by atoms with E-state index < -0.39 is 26.7 Å². The van der Waals surface area contributed by atoms with E-state index in [4.69, 9.17) is 0 Å². The van der Waals surface area contributed by atoms with Crippen LogP contribution < -0.4 is 4.72 Å². The zero-order chi connectivity index (χ0) is 15.7. The Labute approximate surface area is 130 Å². The predicted molar refractivity (Wildman–Crippen MR) is 76.7 cm³/mol. The fourth-order valence-electron chi connectivity index (χ4n) is 2.44. The second-order valence-electron chi connectivity index (χ2n) is 5.12. The highest BCUT2D eigenvalue weighted by atomic mass is 79.9. The Morgan fingerprint density at radius 3 is 2.48 bits per heavy atom. The maximum atomic E-state index is 12.9. The molecule has 2 atom stereocenters. The fourth-order valence-corrected chi connectivity index (χ4v) is 4.57. The maximum Gasteiger partial charge on any atom is 0.417 e. The lowest BCUT2D eigenvalue weighted by Gasteiger charge is -2.15. The molecule has 0 spiro atoms. The van der Waals surface area contributed by atoms with Gasteiger partial charge in [0, 0.05) is 11.4 Å². The highest BCUT2D eigenvalue weighted by Gasteiger charge is 2.37. The molecule has 1 aliphatic carbocycles. The Hall–Kier alpha value is -0.600. The average molecular weight is 386 g/mol. The van der Waals surface area contributed by atoms with Gasteiger partial charge in [0.2, 0.25) is 10.0 Å². The van der Waals surface area contributed by atoms with Gasteiger partial charge in [0.25, 0.3) is 0 Å². The van der Waals surface area contributed by atoms with Crippen LogP contribution in [0.1, 0.15) is 24.8 Å². The van der Waals surface area contributed by atoms with Gasteiger partial charge in [-0.15, -0.1) is 0 Å². The van der Waals surface area contributed by atoms with Crippen LogP contribution in [-0.2, 0) is 16.2 Å². The van der Waals surface area contributed by atoms with Crippen molar-refractivity contribution in [2.24, 2.45) is 5.92 Å². The molecule has 3 nitrogen and oxygen atoms in total. The van der Waals surface area contributed by atoms with Crippen LogP contribution in [0.5, 0.6) is 0 Å². The standard InChI is InChI=1S/C13H15BrF3NO2S/c14-10-6-5-9(7-10)8-18-21(19,20)12-4-2-1-3-11(12)13(15,16)17/h1-4,9-10,18H,5-8H2. The predicted octanol–water partition coefficient (Wildman–Crippen LogP) is 3.55. The van der Waals surface area contributed by atoms with Crippen LogP contribution >= 0.6 is 15.9 Å². The van der Waals surface area contributed by atoms with Gasteiger partial charge in [-0.25, -0.2) is 13.1 Å². The minimum absolute atomic E-state index is 0.155. The summed E-state index contributed by atoms with van der Waals surface area (Å²) in [5.74, 6) is 0.155. The Morgan fingerprint density at radius 2 is 1.90 bits per heavy atom. The second-order valence-corrected chi connectivity index (χ2v) is 8.15. The third-order valence-electron chi connectivity index (χ3n) is 3.52. The number of sulfonamides is 1. The first-order valence-corrected chi connectivity index (χ1v) is 8.90. The van der Waals surface area contributed by atoms with Crippen LogP contribution in [0.2, 0.25) is 0 Å². The van der Waals surface area contributed by atoms with Gasteiger partial charge < -0.3 is 0 Å². The van der Waals surface area contributed by atoms with Crippen LogP contribution in [-0.4, -0.2) is 19.8 Å². The third kappa shape index (κ3) is 4.20. The summed E-state index contributed by atoms with van der Waals surface area (Å²) in [5, 5.41) is 0. The van der Waals surface area contributed by atoms with Crippen molar-refractivity contribution in [2.45, 2.75) is 35.2 Å². The molecule has 1 aromatic rings. The summed E-state index contributed by atoms with van der Waals surface area (Å²) in [6, 6.07) is 4.22. The number of hydrogen-bond acceptors (Lipinski definition) is 2. The molecule has 2 rings (SSSR count). The first-order valence-electron chi connectivity index (χ1n) is 6.50. The monoisotopic (exact) mass is 385 g/mol. The Kier molecular flexibility index (Phi) is 4.99. The highest BCUT2D eigenvalue weighted by Crippen LogP contribution is 2.34. The number of alkyl halides is 4. The van der Waals surface area contributed by atoms with Crippen molar-refractivity contribution in [2.75, 3.05) is 6.54 Å². The summed E-state index contributed by atoms with van der Waals surface area (Å²) in [7, 11) is -4.16. The normalized spacial score (nSPS) is 23.4. The highest BCUT2D eigenvalue weighted by molar-refractivity contribution is 9.09. The summed E-state index contributed by atoms with van der Waals surface area (Å²) < 4.78 is 65.2. The van der Waals surface area contributed by atoms with Gasteiger partial charge in [-0.2, -0.15) is 13.2 Å². The third-order valence-corrected chi connectivity index (χ3v) is 5.83. The van der Waals surface area contributed by atoms with Gasteiger partial charge in [-0.3, -0.25) is 0 Å². The molecular formula is C13H15BrF3NO2S. The van der Waals surface area contributed by atoms with Crippen molar-refractivity contribution in [3.8, 4) is 0 Å². The molecule has 1 aromatic carbocycles. The lowest BCUT2D eigenvalue weighted by Crippen LogP contribution is -2.30. The zero-order valence-corrected chi connectivity index (χ0v) is 13.4. The van der Waals surface area contributed by atoms with E-state index in [-0.39, 0.29) is 12.5 Å². The largest absolute Gasteiger partial charge is 0.417 e. The molecule has 1 N–H and O–H groups in total. The molecule has 0 aromatic heterocycles. The van der Waals surface area contributed by atoms with Crippen molar-refractivity contribution >= 4 is 26.0 Å². The van der Waals surface area contributed by atoms with Crippen molar-refractivity contribution in [3.05, 3.63) is 29.8 Å². The molecular weight excluding hydrogens is 371 g/mol. The van der Waals surface area contributed by atoms with E-state index >= 15 is 0 Å². The SMILES string of the molecule is O=S(=O)(NCC1CCC(Br)C1)c1ccccc1C(F)(F)F. The summed E-state index contributed by atoms with van der Waals surface area (Å²) >= 11 is 3.46. The molecule has 2 unspecified atom stereocenters. The molecule has 118 valence electrons. The fraction of sp³-hybridized carbons (Fsp3) is 0.538. The van der Waals surface area contributed by atoms with Gasteiger partial charge in [0.15, 0.2) is 0 Å². The zero-order valence-electron chi connectivity index (χ0n) is 11.0. The van der Waals surface area contributed by atoms with E-state index in [1.165, 1.54) is 12.1 Å². The topological polar surface area (TPSA) is 46.2 Å². The smallest absolute Gasteiger partial charge is 0.211 e. The summed E-state index contributed by atoms with van der Waals surface area (Å²) in [4.78, 5) is -0.361. The molecule has 1 aliphatic rings. The van der Waals surface area contributed by atoms with Crippen LogP contribution in [0.15, 0.2) is 29.2 Å². The molecule has 0 saturated heterocycles. The van der Waals surface area contributed by atoms with E-state index in [9.17, 15) is 21.6 Å². The van der Waals surface area contributed by atoms with E-state index in [1.54, 1.807) is 0 Å². The number of benzene rings is 1. The van der Waals surface area contributed by atoms with Gasteiger partial charge >= 0.3 is 6.18 Å². The van der Waals surface area contributed by atoms with Gasteiger partial charge in [0.1, 0.15) is 0 Å². The lowest BCUT2D eigenvalue weighted by atomic mass is 10.1. The van der Waals surface area contributed by atoms with Crippen molar-refractivity contribution < 1.29 is 21.6 Å². The average Bonchev–Trinajstić information content (AvgIpc) is 2.82. The molecule has 0 bridgehead atoms. The van der Waals surface area contributed by atoms with E-state index in [2.05, 4.69) is 20.7 Å². The Balaban J connectivity index is 2.16. The molecule has 0 heterocycles. The summed E-state index contributed by atoms with van der Waals surface area (Å²) in [6.07, 6.45) is -2.06. The molecule has 0 aliphatic heterocycles. The lowest BCUT2D eigenvalue weighted by molar-refractivity contribution is -0.139. The molecule has 8 heteroatoms. The Bertz CT molecular complexity index is 604. The second kappa shape index (κ2) is 6.26. The van der Waals surface area contributed by atoms with E-state index in [0.717, 1.165) is 31.4 Å². The van der Waals surface area contributed by atoms with E-state index in [0.29, 0.717) is 4.83 Å². The quantitative estimate of drug-likeness (QED) is 0.805. The van der Waals surface area contributed by atoms with Gasteiger partial charge in [0.05, 0.1) is 10.5 Å². The van der Waals surface area contributed by atoms with Crippen LogP contribution in [0.4, 0.5) is 13.2 Å². The molecule has 21 heavy (non-hydrogen) atoms. The minimum atomic E-state index is -4.69. The van der Waals surface area contributed by atoms with Gasteiger partial charge in [-0.05, 0) is 37.3 Å². The van der Waals surface area contributed by atoms with Gasteiger partial charge in [-0.1, -0.05) is 28.1 Å². The molecule has 0 amide bonds. The van der Waals surface area contributed by atoms with Crippen molar-refractivity contribution in [1.29, 1.82) is 0 Å². The van der Waals surface area contributed by atoms with Crippen molar-refractivity contribution in [1.82, 2.24) is 4.72 Å². The minimum Gasteiger partial charge on any atom is -0.211 e. The molecule has 0 radical (unpaired) electrons. The summed E-state index contributed by atoms with van der Waals surface area (Å²) in [5.41, 5.74) is -1.14. The number of hydrogen-bond donors (Lipinski definition) is 1. The first-order chi connectivity index (χ1) is 9.70. The first kappa shape index (κ1) is 16.8. The Morgan fingerprint density at radius 1 is 1.24 bits per heavy atom. The van der Waals surface area contributed by atoms with Crippen LogP contribution in [0, 0.1) is 5.92 Å². The summed E-state index contributed by atoms with van der Waals surface area (Å²) in [6.45, 7) is 0.163. The maximum absolute atomic E-state index is 12.9. The number of rotatable bonds is 4. The molecule has 1 fully saturated rings. The number of nitrogens with one attached hydrogen (secondary N) is 1. The van der Waals surface area contributed by atoms with E-state index in [1.807, 2.05) is 0 Å². The van der Waals surface area contributed by atoms with Crippen LogP contribution in [0.3, 0.4) is 0 Å².